The quantitative estimate of drug-likeness (QED) is 0.595. The maximum atomic E-state index is 4.48. The van der Waals surface area contributed by atoms with Crippen LogP contribution < -0.4 is 5.32 Å². The Bertz CT molecular complexity index is 297. The van der Waals surface area contributed by atoms with Crippen LogP contribution in [0, 0.1) is 0 Å². The lowest BCUT2D eigenvalue weighted by Gasteiger charge is -2.10. The number of allylic oxidation sites excluding steroid dienone is 3. The molecule has 0 fully saturated rings. The molecule has 0 aromatic rings. The van der Waals surface area contributed by atoms with Crippen LogP contribution in [0.5, 0.6) is 0 Å². The van der Waals surface area contributed by atoms with Crippen LogP contribution in [0.4, 0.5) is 0 Å². The highest BCUT2D eigenvalue weighted by atomic mass is 14.9. The van der Waals surface area contributed by atoms with E-state index in [0.717, 1.165) is 25.1 Å². The van der Waals surface area contributed by atoms with Crippen LogP contribution in [0.3, 0.4) is 0 Å². The van der Waals surface area contributed by atoms with Crippen LogP contribution >= 0.6 is 0 Å². The van der Waals surface area contributed by atoms with Gasteiger partial charge < -0.3 is 5.32 Å². The first-order chi connectivity index (χ1) is 6.36. The minimum absolute atomic E-state index is 0.363. The second kappa shape index (κ2) is 3.60. The summed E-state index contributed by atoms with van der Waals surface area (Å²) < 4.78 is 0. The highest BCUT2D eigenvalue weighted by Crippen LogP contribution is 2.20. The average Bonchev–Trinajstić information content (AvgIpc) is 2.38. The number of hydrogen-bond acceptors (Lipinski definition) is 2. The van der Waals surface area contributed by atoms with Crippen LogP contribution in [-0.4, -0.2) is 18.8 Å². The SMILES string of the molecule is C=C1C=C2CC=CC=NC2CCN1. The Balaban J connectivity index is 2.27. The summed E-state index contributed by atoms with van der Waals surface area (Å²) in [4.78, 5) is 4.48. The molecule has 1 atom stereocenters. The van der Waals surface area contributed by atoms with Crippen molar-refractivity contribution >= 4 is 6.21 Å². The number of aliphatic imine (C=N–C) groups is 1. The van der Waals surface area contributed by atoms with E-state index in [-0.39, 0.29) is 0 Å². The molecule has 0 aromatic heterocycles. The molecule has 68 valence electrons. The zero-order chi connectivity index (χ0) is 9.10. The van der Waals surface area contributed by atoms with Crippen molar-refractivity contribution in [2.75, 3.05) is 6.54 Å². The third-order valence-corrected chi connectivity index (χ3v) is 2.40. The van der Waals surface area contributed by atoms with E-state index in [4.69, 9.17) is 0 Å². The minimum atomic E-state index is 0.363. The molecule has 2 heterocycles. The number of nitrogens with one attached hydrogen (secondary N) is 1. The van der Waals surface area contributed by atoms with Crippen molar-refractivity contribution in [3.8, 4) is 0 Å². The Morgan fingerprint density at radius 2 is 2.46 bits per heavy atom. The van der Waals surface area contributed by atoms with Gasteiger partial charge in [0.15, 0.2) is 0 Å². The summed E-state index contributed by atoms with van der Waals surface area (Å²) in [6, 6.07) is 0.363. The third kappa shape index (κ3) is 1.89. The molecule has 2 aliphatic rings. The molecule has 0 amide bonds. The van der Waals surface area contributed by atoms with Gasteiger partial charge in [-0.05, 0) is 30.6 Å². The lowest BCUT2D eigenvalue weighted by molar-refractivity contribution is 0.668. The summed E-state index contributed by atoms with van der Waals surface area (Å²) in [5.74, 6) is 0. The van der Waals surface area contributed by atoms with E-state index < -0.39 is 0 Å². The summed E-state index contributed by atoms with van der Waals surface area (Å²) in [7, 11) is 0. The van der Waals surface area contributed by atoms with Gasteiger partial charge in [-0.15, -0.1) is 0 Å². The van der Waals surface area contributed by atoms with Gasteiger partial charge in [0.1, 0.15) is 0 Å². The smallest absolute Gasteiger partial charge is 0.0732 e. The predicted octanol–water partition coefficient (Wildman–Crippen LogP) is 1.82. The van der Waals surface area contributed by atoms with Gasteiger partial charge in [-0.1, -0.05) is 12.7 Å². The van der Waals surface area contributed by atoms with E-state index in [1.165, 1.54) is 5.57 Å². The summed E-state index contributed by atoms with van der Waals surface area (Å²) >= 11 is 0. The third-order valence-electron chi connectivity index (χ3n) is 2.40. The summed E-state index contributed by atoms with van der Waals surface area (Å²) in [5.41, 5.74) is 2.39. The number of fused-ring (bicyclic) bond motifs is 1. The standard InChI is InChI=1S/C11H14N2/c1-9-8-10-4-2-3-6-13-11(10)5-7-12-9/h2-3,6,8,11-12H,1,4-5,7H2. The topological polar surface area (TPSA) is 24.4 Å². The first-order valence-electron chi connectivity index (χ1n) is 4.68. The summed E-state index contributed by atoms with van der Waals surface area (Å²) in [6.45, 7) is 4.91. The van der Waals surface area contributed by atoms with Crippen LogP contribution in [0.2, 0.25) is 0 Å². The molecule has 2 rings (SSSR count). The fourth-order valence-corrected chi connectivity index (χ4v) is 1.71. The number of hydrogen-bond donors (Lipinski definition) is 1. The van der Waals surface area contributed by atoms with Gasteiger partial charge in [0.2, 0.25) is 0 Å². The maximum absolute atomic E-state index is 4.48. The normalized spacial score (nSPS) is 26.9. The highest BCUT2D eigenvalue weighted by molar-refractivity contribution is 5.72. The van der Waals surface area contributed by atoms with Crippen LogP contribution in [0.25, 0.3) is 0 Å². The maximum Gasteiger partial charge on any atom is 0.0732 e. The second-order valence-electron chi connectivity index (χ2n) is 3.41. The predicted molar refractivity (Wildman–Crippen MR) is 55.9 cm³/mol. The van der Waals surface area contributed by atoms with Crippen molar-refractivity contribution in [1.82, 2.24) is 5.32 Å². The molecule has 2 nitrogen and oxygen atoms in total. The van der Waals surface area contributed by atoms with Crippen molar-refractivity contribution in [2.45, 2.75) is 18.9 Å². The summed E-state index contributed by atoms with van der Waals surface area (Å²) in [5, 5.41) is 3.25. The van der Waals surface area contributed by atoms with Gasteiger partial charge >= 0.3 is 0 Å². The zero-order valence-corrected chi connectivity index (χ0v) is 7.66. The molecule has 1 N–H and O–H groups in total. The fraction of sp³-hybridized carbons (Fsp3) is 0.364. The zero-order valence-electron chi connectivity index (χ0n) is 7.66. The van der Waals surface area contributed by atoms with Gasteiger partial charge in [0.25, 0.3) is 0 Å². The van der Waals surface area contributed by atoms with E-state index in [1.807, 2.05) is 12.3 Å². The molecule has 0 aliphatic carbocycles. The van der Waals surface area contributed by atoms with Gasteiger partial charge in [-0.3, -0.25) is 4.99 Å². The van der Waals surface area contributed by atoms with Gasteiger partial charge in [0, 0.05) is 18.5 Å². The molecule has 0 saturated carbocycles. The van der Waals surface area contributed by atoms with Crippen molar-refractivity contribution in [3.05, 3.63) is 36.1 Å². The molecule has 0 spiro atoms. The molecule has 13 heavy (non-hydrogen) atoms. The number of rotatable bonds is 0. The first-order valence-corrected chi connectivity index (χ1v) is 4.68. The molecule has 0 radical (unpaired) electrons. The Hall–Kier alpha value is -1.31. The first kappa shape index (κ1) is 8.30. The fourth-order valence-electron chi connectivity index (χ4n) is 1.71. The van der Waals surface area contributed by atoms with Gasteiger partial charge in [-0.2, -0.15) is 0 Å². The van der Waals surface area contributed by atoms with Crippen LogP contribution in [0.1, 0.15) is 12.8 Å². The molecular formula is C11H14N2. The second-order valence-corrected chi connectivity index (χ2v) is 3.41. The van der Waals surface area contributed by atoms with E-state index in [2.05, 4.69) is 29.0 Å². The van der Waals surface area contributed by atoms with Crippen LogP contribution in [0.15, 0.2) is 41.1 Å². The molecule has 0 bridgehead atoms. The van der Waals surface area contributed by atoms with Crippen molar-refractivity contribution in [1.29, 1.82) is 0 Å². The molecule has 0 aromatic carbocycles. The molecule has 2 aliphatic heterocycles. The van der Waals surface area contributed by atoms with E-state index in [1.54, 1.807) is 0 Å². The molecule has 2 heteroatoms. The molecule has 0 saturated heterocycles. The summed E-state index contributed by atoms with van der Waals surface area (Å²) in [6.07, 6.45) is 10.3. The Kier molecular flexibility index (Phi) is 2.30. The van der Waals surface area contributed by atoms with Gasteiger partial charge in [-0.25, -0.2) is 0 Å². The molecular weight excluding hydrogens is 160 g/mol. The van der Waals surface area contributed by atoms with Crippen LogP contribution in [-0.2, 0) is 0 Å². The lowest BCUT2D eigenvalue weighted by Crippen LogP contribution is -2.14. The Morgan fingerprint density at radius 1 is 1.54 bits per heavy atom. The largest absolute Gasteiger partial charge is 0.385 e. The van der Waals surface area contributed by atoms with Crippen molar-refractivity contribution in [2.24, 2.45) is 4.99 Å². The highest BCUT2D eigenvalue weighted by Gasteiger charge is 2.15. The van der Waals surface area contributed by atoms with Gasteiger partial charge in [0.05, 0.1) is 6.04 Å². The Labute approximate surface area is 78.8 Å². The Morgan fingerprint density at radius 3 is 3.38 bits per heavy atom. The van der Waals surface area contributed by atoms with E-state index in [9.17, 15) is 0 Å². The number of nitrogens with zero attached hydrogens (tertiary/aromatic N) is 1. The van der Waals surface area contributed by atoms with E-state index in [0.29, 0.717) is 6.04 Å². The average molecular weight is 174 g/mol. The molecule has 1 unspecified atom stereocenters. The van der Waals surface area contributed by atoms with Crippen molar-refractivity contribution < 1.29 is 0 Å². The lowest BCUT2D eigenvalue weighted by atomic mass is 10.0. The monoisotopic (exact) mass is 174 g/mol. The van der Waals surface area contributed by atoms with Crippen molar-refractivity contribution in [3.63, 3.8) is 0 Å². The minimum Gasteiger partial charge on any atom is -0.385 e. The van der Waals surface area contributed by atoms with E-state index >= 15 is 0 Å².